The number of methoxy groups -OCH3 is 1. The highest BCUT2D eigenvalue weighted by atomic mass is 19.1. The van der Waals surface area contributed by atoms with Crippen LogP contribution < -0.4 is 16.0 Å². The molecule has 1 atom stereocenters. The Bertz CT molecular complexity index is 444. The second-order valence-electron chi connectivity index (χ2n) is 6.07. The van der Waals surface area contributed by atoms with E-state index in [1.165, 1.54) is 26.4 Å². The van der Waals surface area contributed by atoms with Crippen LogP contribution in [0.3, 0.4) is 0 Å². The normalized spacial score (nSPS) is 19.6. The summed E-state index contributed by atoms with van der Waals surface area (Å²) < 4.78 is 19.3. The van der Waals surface area contributed by atoms with E-state index in [-0.39, 0.29) is 17.3 Å². The van der Waals surface area contributed by atoms with Gasteiger partial charge in [0.1, 0.15) is 0 Å². The summed E-state index contributed by atoms with van der Waals surface area (Å²) in [5.41, 5.74) is 3.73. The molecule has 3 N–H and O–H groups in total. The molecule has 1 saturated carbocycles. The van der Waals surface area contributed by atoms with Crippen molar-refractivity contribution in [3.8, 4) is 5.75 Å². The van der Waals surface area contributed by atoms with E-state index in [2.05, 4.69) is 12.3 Å². The molecule has 0 aliphatic heterocycles. The van der Waals surface area contributed by atoms with Crippen molar-refractivity contribution >= 4 is 0 Å². The molecule has 20 heavy (non-hydrogen) atoms. The summed E-state index contributed by atoms with van der Waals surface area (Å²) in [6, 6.07) is 5.37. The smallest absolute Gasteiger partial charge is 0.168 e. The Morgan fingerprint density at radius 3 is 2.65 bits per heavy atom. The van der Waals surface area contributed by atoms with E-state index in [1.54, 1.807) is 6.07 Å². The second kappa shape index (κ2) is 6.55. The molecule has 1 fully saturated rings. The van der Waals surface area contributed by atoms with Gasteiger partial charge in [0.15, 0.2) is 11.6 Å². The number of benzene rings is 1. The molecular formula is C16H25FN2O. The zero-order chi connectivity index (χ0) is 14.6. The van der Waals surface area contributed by atoms with E-state index in [9.17, 15) is 4.39 Å². The van der Waals surface area contributed by atoms with Crippen LogP contribution in [-0.4, -0.2) is 13.2 Å². The number of halogens is 1. The predicted molar refractivity (Wildman–Crippen MR) is 79.0 cm³/mol. The number of ether oxygens (including phenoxy) is 1. The molecule has 0 radical (unpaired) electrons. The molecule has 0 bridgehead atoms. The first kappa shape index (κ1) is 15.3. The van der Waals surface area contributed by atoms with Gasteiger partial charge in [-0.25, -0.2) is 4.39 Å². The third-order valence-corrected chi connectivity index (χ3v) is 4.73. The van der Waals surface area contributed by atoms with Gasteiger partial charge >= 0.3 is 0 Å². The van der Waals surface area contributed by atoms with Crippen LogP contribution in [-0.2, 0) is 6.42 Å². The molecule has 1 aromatic rings. The van der Waals surface area contributed by atoms with E-state index in [0.717, 1.165) is 12.8 Å². The van der Waals surface area contributed by atoms with Gasteiger partial charge in [-0.15, -0.1) is 0 Å². The van der Waals surface area contributed by atoms with Gasteiger partial charge in [-0.2, -0.15) is 0 Å². The van der Waals surface area contributed by atoms with Crippen LogP contribution >= 0.6 is 0 Å². The highest BCUT2D eigenvalue weighted by Crippen LogP contribution is 2.40. The lowest BCUT2D eigenvalue weighted by Gasteiger charge is -2.40. The largest absolute Gasteiger partial charge is 0.494 e. The first-order valence-corrected chi connectivity index (χ1v) is 7.38. The molecule has 1 aliphatic carbocycles. The first-order chi connectivity index (χ1) is 9.60. The Hall–Kier alpha value is -1.13. The van der Waals surface area contributed by atoms with Crippen molar-refractivity contribution in [2.45, 2.75) is 51.5 Å². The van der Waals surface area contributed by atoms with Crippen LogP contribution in [0, 0.1) is 11.2 Å². The Labute approximate surface area is 120 Å². The summed E-state index contributed by atoms with van der Waals surface area (Å²) in [5.74, 6) is 5.78. The average molecular weight is 280 g/mol. The lowest BCUT2D eigenvalue weighted by molar-refractivity contribution is 0.143. The average Bonchev–Trinajstić information content (AvgIpc) is 2.46. The van der Waals surface area contributed by atoms with E-state index in [4.69, 9.17) is 10.6 Å². The molecule has 0 spiro atoms. The van der Waals surface area contributed by atoms with E-state index >= 15 is 0 Å². The molecule has 4 heteroatoms. The molecule has 3 nitrogen and oxygen atoms in total. The van der Waals surface area contributed by atoms with Crippen LogP contribution in [0.25, 0.3) is 0 Å². The highest BCUT2D eigenvalue weighted by Gasteiger charge is 2.35. The molecule has 1 aliphatic rings. The van der Waals surface area contributed by atoms with Crippen LogP contribution in [0.1, 0.15) is 44.6 Å². The molecule has 0 amide bonds. The van der Waals surface area contributed by atoms with Gasteiger partial charge in [-0.1, -0.05) is 38.3 Å². The summed E-state index contributed by atoms with van der Waals surface area (Å²) in [5, 5.41) is 0. The van der Waals surface area contributed by atoms with Crippen molar-refractivity contribution in [1.29, 1.82) is 0 Å². The van der Waals surface area contributed by atoms with E-state index < -0.39 is 0 Å². The van der Waals surface area contributed by atoms with Gasteiger partial charge in [-0.3, -0.25) is 11.3 Å². The topological polar surface area (TPSA) is 47.3 Å². The number of nitrogens with one attached hydrogen (secondary N) is 1. The third kappa shape index (κ3) is 3.13. The summed E-state index contributed by atoms with van der Waals surface area (Å²) in [7, 11) is 1.49. The molecule has 0 saturated heterocycles. The Balaban J connectivity index is 2.18. The molecule has 112 valence electrons. The number of hydrogen-bond donors (Lipinski definition) is 2. The Morgan fingerprint density at radius 1 is 1.35 bits per heavy atom. The monoisotopic (exact) mass is 280 g/mol. The third-order valence-electron chi connectivity index (χ3n) is 4.73. The molecule has 1 aromatic carbocycles. The second-order valence-corrected chi connectivity index (χ2v) is 6.07. The van der Waals surface area contributed by atoms with E-state index in [0.29, 0.717) is 17.7 Å². The van der Waals surface area contributed by atoms with Gasteiger partial charge in [0.05, 0.1) is 7.11 Å². The zero-order valence-electron chi connectivity index (χ0n) is 12.4. The maximum absolute atomic E-state index is 14.3. The zero-order valence-corrected chi connectivity index (χ0v) is 12.4. The molecular weight excluding hydrogens is 255 g/mol. The summed E-state index contributed by atoms with van der Waals surface area (Å²) in [4.78, 5) is 0. The maximum atomic E-state index is 14.3. The van der Waals surface area contributed by atoms with Crippen molar-refractivity contribution in [1.82, 2.24) is 5.43 Å². The highest BCUT2D eigenvalue weighted by molar-refractivity contribution is 5.31. The van der Waals surface area contributed by atoms with Gasteiger partial charge in [0.2, 0.25) is 0 Å². The summed E-state index contributed by atoms with van der Waals surface area (Å²) in [6.45, 7) is 2.26. The predicted octanol–water partition coefficient (Wildman–Crippen LogP) is 3.18. The van der Waals surface area contributed by atoms with Crippen LogP contribution in [0.4, 0.5) is 4.39 Å². The number of hydrogen-bond acceptors (Lipinski definition) is 3. The van der Waals surface area contributed by atoms with Crippen molar-refractivity contribution in [3.05, 3.63) is 29.6 Å². The minimum absolute atomic E-state index is 0.0874. The summed E-state index contributed by atoms with van der Waals surface area (Å²) >= 11 is 0. The van der Waals surface area contributed by atoms with Crippen molar-refractivity contribution in [2.75, 3.05) is 7.11 Å². The van der Waals surface area contributed by atoms with Crippen LogP contribution in [0.2, 0.25) is 0 Å². The first-order valence-electron chi connectivity index (χ1n) is 7.38. The Kier molecular flexibility index (Phi) is 5.00. The fourth-order valence-corrected chi connectivity index (χ4v) is 3.31. The van der Waals surface area contributed by atoms with Crippen molar-refractivity contribution < 1.29 is 9.13 Å². The summed E-state index contributed by atoms with van der Waals surface area (Å²) in [6.07, 6.45) is 6.64. The number of hydrazine groups is 1. The quantitative estimate of drug-likeness (QED) is 0.643. The minimum Gasteiger partial charge on any atom is -0.494 e. The van der Waals surface area contributed by atoms with Gasteiger partial charge in [-0.05, 0) is 36.3 Å². The fourth-order valence-electron chi connectivity index (χ4n) is 3.31. The van der Waals surface area contributed by atoms with Crippen LogP contribution in [0.5, 0.6) is 5.75 Å². The molecule has 1 unspecified atom stereocenters. The lowest BCUT2D eigenvalue weighted by atomic mass is 9.69. The van der Waals surface area contributed by atoms with Crippen molar-refractivity contribution in [2.24, 2.45) is 11.3 Å². The Morgan fingerprint density at radius 2 is 2.05 bits per heavy atom. The van der Waals surface area contributed by atoms with Gasteiger partial charge in [0.25, 0.3) is 0 Å². The number of rotatable bonds is 5. The minimum atomic E-state index is -0.269. The number of nitrogens with two attached hydrogens (primary N) is 1. The van der Waals surface area contributed by atoms with Crippen LogP contribution in [0.15, 0.2) is 18.2 Å². The van der Waals surface area contributed by atoms with E-state index in [1.807, 2.05) is 12.1 Å². The van der Waals surface area contributed by atoms with Gasteiger partial charge in [0, 0.05) is 6.04 Å². The molecule has 0 heterocycles. The molecule has 2 rings (SSSR count). The standard InChI is InChI=1S/C16H25FN2O/c1-16(9-4-3-5-10-16)14(19-18)11-12-7-6-8-13(20-2)15(12)17/h6-8,14,19H,3-5,9-11,18H2,1-2H3. The van der Waals surface area contributed by atoms with Gasteiger partial charge < -0.3 is 4.74 Å². The lowest BCUT2D eigenvalue weighted by Crippen LogP contribution is -2.49. The fraction of sp³-hybridized carbons (Fsp3) is 0.625. The SMILES string of the molecule is COc1cccc(CC(NN)C2(C)CCCCC2)c1F. The molecule has 0 aromatic heterocycles. The van der Waals surface area contributed by atoms with Crippen molar-refractivity contribution in [3.63, 3.8) is 0 Å². The maximum Gasteiger partial charge on any atom is 0.168 e.